The van der Waals surface area contributed by atoms with Crippen LogP contribution in [0.5, 0.6) is 0 Å². The van der Waals surface area contributed by atoms with Crippen molar-refractivity contribution in [3.8, 4) is 0 Å². The van der Waals surface area contributed by atoms with E-state index in [0.29, 0.717) is 31.8 Å². The van der Waals surface area contributed by atoms with Gasteiger partial charge in [-0.1, -0.05) is 42.6 Å². The first-order chi connectivity index (χ1) is 13.7. The number of urea groups is 1. The summed E-state index contributed by atoms with van der Waals surface area (Å²) in [5, 5.41) is 9.92. The molecule has 0 bridgehead atoms. The van der Waals surface area contributed by atoms with Crippen molar-refractivity contribution in [1.29, 1.82) is 0 Å². The summed E-state index contributed by atoms with van der Waals surface area (Å²) < 4.78 is 0. The highest BCUT2D eigenvalue weighted by Crippen LogP contribution is 2.22. The summed E-state index contributed by atoms with van der Waals surface area (Å²) >= 11 is 0. The molecule has 3 amide bonds. The Morgan fingerprint density at radius 3 is 2.50 bits per heavy atom. The zero-order valence-corrected chi connectivity index (χ0v) is 16.4. The van der Waals surface area contributed by atoms with Gasteiger partial charge in [0.2, 0.25) is 0 Å². The monoisotopic (exact) mass is 386 g/mol. The van der Waals surface area contributed by atoms with Crippen LogP contribution in [-0.4, -0.2) is 48.8 Å². The van der Waals surface area contributed by atoms with Crippen LogP contribution in [0.3, 0.4) is 0 Å². The lowest BCUT2D eigenvalue weighted by Crippen LogP contribution is -2.41. The number of amides is 3. The van der Waals surface area contributed by atoms with Crippen molar-refractivity contribution in [3.05, 3.63) is 30.3 Å². The number of anilines is 1. The summed E-state index contributed by atoms with van der Waals surface area (Å²) in [5.41, 5.74) is 1.68. The van der Waals surface area contributed by atoms with Crippen molar-refractivity contribution in [2.45, 2.75) is 44.9 Å². The van der Waals surface area contributed by atoms with E-state index < -0.39 is 0 Å². The average Bonchev–Trinajstić information content (AvgIpc) is 2.74. The summed E-state index contributed by atoms with van der Waals surface area (Å²) in [6.45, 7) is 1.88. The van der Waals surface area contributed by atoms with Crippen LogP contribution in [-0.2, 0) is 9.63 Å². The van der Waals surface area contributed by atoms with E-state index in [1.54, 1.807) is 4.90 Å². The van der Waals surface area contributed by atoms with Gasteiger partial charge in [0.05, 0.1) is 5.71 Å². The van der Waals surface area contributed by atoms with Gasteiger partial charge in [0.15, 0.2) is 6.61 Å². The Hall–Kier alpha value is -2.57. The number of hydrogen-bond acceptors (Lipinski definition) is 4. The topological polar surface area (TPSA) is 83.0 Å². The molecule has 0 spiro atoms. The van der Waals surface area contributed by atoms with Crippen molar-refractivity contribution < 1.29 is 14.4 Å². The first kappa shape index (κ1) is 20.2. The fourth-order valence-corrected chi connectivity index (χ4v) is 3.67. The molecule has 0 radical (unpaired) electrons. The Kier molecular flexibility index (Phi) is 7.70. The molecule has 1 aliphatic carbocycles. The van der Waals surface area contributed by atoms with E-state index >= 15 is 0 Å². The smallest absolute Gasteiger partial charge is 0.321 e. The average molecular weight is 386 g/mol. The number of piperidine rings is 1. The summed E-state index contributed by atoms with van der Waals surface area (Å²) in [5.74, 6) is 0.491. The number of likely N-dealkylation sites (tertiary alicyclic amines) is 1. The maximum absolute atomic E-state index is 12.3. The van der Waals surface area contributed by atoms with Crippen LogP contribution < -0.4 is 10.6 Å². The van der Waals surface area contributed by atoms with Crippen LogP contribution >= 0.6 is 0 Å². The van der Waals surface area contributed by atoms with Gasteiger partial charge in [-0.2, -0.15) is 0 Å². The van der Waals surface area contributed by atoms with E-state index in [2.05, 4.69) is 15.8 Å². The molecule has 2 N–H and O–H groups in total. The number of hydrogen-bond donors (Lipinski definition) is 2. The number of oxime groups is 1. The molecular formula is C21H30N4O3. The molecule has 1 saturated carbocycles. The molecule has 3 rings (SSSR count). The maximum Gasteiger partial charge on any atom is 0.321 e. The van der Waals surface area contributed by atoms with Crippen LogP contribution in [0, 0.1) is 5.92 Å². The van der Waals surface area contributed by atoms with Crippen LogP contribution in [0.4, 0.5) is 10.5 Å². The Balaban J connectivity index is 1.31. The minimum atomic E-state index is -0.116. The lowest BCUT2D eigenvalue weighted by Gasteiger charge is -2.27. The minimum absolute atomic E-state index is 0.0472. The largest absolute Gasteiger partial charge is 0.386 e. The van der Waals surface area contributed by atoms with Crippen LogP contribution in [0.15, 0.2) is 35.5 Å². The maximum atomic E-state index is 12.3. The number of para-hydroxylation sites is 1. The third-order valence-electron chi connectivity index (χ3n) is 5.35. The molecule has 0 atom stereocenters. The molecule has 1 saturated heterocycles. The molecular weight excluding hydrogens is 356 g/mol. The van der Waals surface area contributed by atoms with Crippen LogP contribution in [0.25, 0.3) is 0 Å². The normalized spacial score (nSPS) is 17.7. The first-order valence-electron chi connectivity index (χ1n) is 10.3. The number of benzene rings is 1. The summed E-state index contributed by atoms with van der Waals surface area (Å²) in [4.78, 5) is 31.1. The van der Waals surface area contributed by atoms with Gasteiger partial charge in [-0.15, -0.1) is 0 Å². The number of carbonyl (C=O) groups is 2. The second-order valence-corrected chi connectivity index (χ2v) is 7.52. The molecule has 1 aromatic carbocycles. The number of nitrogens with one attached hydrogen (secondary N) is 2. The highest BCUT2D eigenvalue weighted by atomic mass is 16.6. The second-order valence-electron chi connectivity index (χ2n) is 7.52. The van der Waals surface area contributed by atoms with Crippen LogP contribution in [0.1, 0.15) is 44.9 Å². The lowest BCUT2D eigenvalue weighted by molar-refractivity contribution is -0.125. The number of nitrogens with zero attached hydrogens (tertiary/aromatic N) is 2. The quantitative estimate of drug-likeness (QED) is 0.735. The highest BCUT2D eigenvalue weighted by molar-refractivity contribution is 5.92. The van der Waals surface area contributed by atoms with Gasteiger partial charge < -0.3 is 20.4 Å². The van der Waals surface area contributed by atoms with Crippen molar-refractivity contribution in [1.82, 2.24) is 10.2 Å². The summed E-state index contributed by atoms with van der Waals surface area (Å²) in [6.07, 6.45) is 7.58. The fourth-order valence-electron chi connectivity index (χ4n) is 3.67. The van der Waals surface area contributed by atoms with E-state index in [-0.39, 0.29) is 18.5 Å². The molecule has 0 unspecified atom stereocenters. The molecule has 7 heteroatoms. The van der Waals surface area contributed by atoms with Gasteiger partial charge in [-0.25, -0.2) is 4.79 Å². The van der Waals surface area contributed by atoms with E-state index in [4.69, 9.17) is 4.84 Å². The predicted octanol–water partition coefficient (Wildman–Crippen LogP) is 3.38. The van der Waals surface area contributed by atoms with Crippen molar-refractivity contribution in [2.24, 2.45) is 11.1 Å². The molecule has 1 aromatic rings. The summed E-state index contributed by atoms with van der Waals surface area (Å²) in [7, 11) is 0. The molecule has 7 nitrogen and oxygen atoms in total. The van der Waals surface area contributed by atoms with Crippen LogP contribution in [0.2, 0.25) is 0 Å². The zero-order chi connectivity index (χ0) is 19.6. The first-order valence-corrected chi connectivity index (χ1v) is 10.3. The molecule has 0 aromatic heterocycles. The number of rotatable bonds is 6. The molecule has 2 fully saturated rings. The predicted molar refractivity (Wildman–Crippen MR) is 109 cm³/mol. The van der Waals surface area contributed by atoms with E-state index in [0.717, 1.165) is 17.9 Å². The van der Waals surface area contributed by atoms with Crippen molar-refractivity contribution in [2.75, 3.05) is 31.6 Å². The van der Waals surface area contributed by atoms with Gasteiger partial charge in [-0.3, -0.25) is 4.79 Å². The fraction of sp³-hybridized carbons (Fsp3) is 0.571. The zero-order valence-electron chi connectivity index (χ0n) is 16.4. The minimum Gasteiger partial charge on any atom is -0.386 e. The molecule has 1 aliphatic heterocycles. The Morgan fingerprint density at radius 1 is 1.07 bits per heavy atom. The van der Waals surface area contributed by atoms with Gasteiger partial charge in [0.1, 0.15) is 0 Å². The third kappa shape index (κ3) is 6.55. The van der Waals surface area contributed by atoms with Gasteiger partial charge in [-0.05, 0) is 30.9 Å². The Bertz CT molecular complexity index is 661. The number of carbonyl (C=O) groups excluding carboxylic acids is 2. The molecule has 2 aliphatic rings. The van der Waals surface area contributed by atoms with Crippen molar-refractivity contribution in [3.63, 3.8) is 0 Å². The highest BCUT2D eigenvalue weighted by Gasteiger charge is 2.20. The third-order valence-corrected chi connectivity index (χ3v) is 5.35. The Morgan fingerprint density at radius 2 is 1.79 bits per heavy atom. The van der Waals surface area contributed by atoms with Gasteiger partial charge in [0, 0.05) is 38.2 Å². The second kappa shape index (κ2) is 10.7. The van der Waals surface area contributed by atoms with E-state index in [1.807, 2.05) is 30.3 Å². The molecule has 152 valence electrons. The van der Waals surface area contributed by atoms with Gasteiger partial charge >= 0.3 is 6.03 Å². The standard InChI is InChI=1S/C21H30N4O3/c26-20(22-15-17-7-3-1-4-8-17)16-28-24-19-11-13-25(14-12-19)21(27)23-18-9-5-2-6-10-18/h2,5-6,9-10,17H,1,3-4,7-8,11-16H2,(H,22,26)(H,23,27). The molecule has 1 heterocycles. The SMILES string of the molecule is O=C(CON=C1CCN(C(=O)Nc2ccccc2)CC1)NCC1CCCCC1. The van der Waals surface area contributed by atoms with E-state index in [9.17, 15) is 9.59 Å². The van der Waals surface area contributed by atoms with Gasteiger partial charge in [0.25, 0.3) is 5.91 Å². The van der Waals surface area contributed by atoms with E-state index in [1.165, 1.54) is 32.1 Å². The lowest BCUT2D eigenvalue weighted by atomic mass is 9.89. The molecule has 28 heavy (non-hydrogen) atoms. The summed E-state index contributed by atoms with van der Waals surface area (Å²) in [6, 6.07) is 9.31. The van der Waals surface area contributed by atoms with Crippen molar-refractivity contribution >= 4 is 23.3 Å². The Labute approximate surface area is 166 Å².